The Morgan fingerprint density at radius 2 is 0.550 bits per heavy atom. The first-order valence-corrected chi connectivity index (χ1v) is 41.2. The summed E-state index contributed by atoms with van der Waals surface area (Å²) in [4.78, 5) is 259. The van der Waals surface area contributed by atoms with E-state index in [1.165, 1.54) is 67.5 Å². The number of ether oxygens (including phenoxy) is 16. The van der Waals surface area contributed by atoms with Gasteiger partial charge in [0.25, 0.3) is 0 Å². The molecule has 0 unspecified atom stereocenters. The van der Waals surface area contributed by atoms with E-state index >= 15 is 0 Å². The number of halogens is 2. The second kappa shape index (κ2) is 80.1. The third-order valence-corrected chi connectivity index (χ3v) is 17.8. The van der Waals surface area contributed by atoms with E-state index in [0.29, 0.717) is 12.5 Å². The van der Waals surface area contributed by atoms with Crippen LogP contribution in [-0.4, -0.2) is 184 Å². The number of carbonyl (C=O) groups is 16. The van der Waals surface area contributed by atoms with Crippen molar-refractivity contribution < 1.29 is 388 Å². The van der Waals surface area contributed by atoms with Gasteiger partial charge in [-0.2, -0.15) is 0 Å². The van der Waals surface area contributed by atoms with Crippen molar-refractivity contribution in [2.45, 2.75) is 67.6 Å². The molecule has 66 heteroatoms. The number of alkyl halides is 2. The first-order valence-electron chi connectivity index (χ1n) is 28.2. The van der Waals surface area contributed by atoms with Crippen molar-refractivity contribution in [2.24, 2.45) is 0 Å². The second-order valence-electron chi connectivity index (χ2n) is 17.7. The monoisotopic (exact) mass is 1830 g/mol. The largest absolute Gasteiger partial charge is 1.00 e. The quantitative estimate of drug-likeness (QED) is 0.0144. The maximum Gasteiger partial charge on any atom is 1.00 e. The third-order valence-electron chi connectivity index (χ3n) is 8.11. The number of carbonyl (C=O) groups excluding carboxylic acids is 16. The molecule has 0 rings (SSSR count). The Morgan fingerprint density at radius 3 is 0.742 bits per heavy atom. The Labute approximate surface area is 779 Å². The summed E-state index contributed by atoms with van der Waals surface area (Å²) in [5, 5.41) is 0. The fourth-order valence-electron chi connectivity index (χ4n) is 3.72. The molecule has 0 fully saturated rings. The summed E-state index contributed by atoms with van der Waals surface area (Å²) in [7, 11) is -38.4. The van der Waals surface area contributed by atoms with Gasteiger partial charge in [0.05, 0.1) is 63.7 Å². The van der Waals surface area contributed by atoms with E-state index in [9.17, 15) is 161 Å². The van der Waals surface area contributed by atoms with Crippen LogP contribution in [0.5, 0.6) is 0 Å². The predicted octanol–water partition coefficient (Wildman–Crippen LogP) is -15.7. The molecule has 0 N–H and O–H groups in total. The van der Waals surface area contributed by atoms with Crippen LogP contribution in [0.4, 0.5) is 85.5 Å². The molecule has 0 aromatic carbocycles. The summed E-state index contributed by atoms with van der Waals surface area (Å²) < 4.78 is 176. The fourth-order valence-corrected chi connectivity index (χ4v) is 9.15. The van der Waals surface area contributed by atoms with Crippen LogP contribution in [0.25, 0.3) is 0 Å². The molecule has 0 aliphatic heterocycles. The molecule has 48 nitrogen and oxygen atoms in total. The van der Waals surface area contributed by atoms with Gasteiger partial charge in [0, 0.05) is 0 Å². The summed E-state index contributed by atoms with van der Waals surface area (Å²) >= 11 is 0. The molecule has 0 bridgehead atoms. The topological polar surface area (TPSA) is 742 Å². The number of methoxy groups -OCH3 is 2. The van der Waals surface area contributed by atoms with E-state index in [2.05, 4.69) is 115 Å². The molecule has 0 saturated carbocycles. The van der Waals surface area contributed by atoms with Gasteiger partial charge in [-0.15, -0.1) is 12.8 Å². The molecule has 0 heterocycles. The minimum absolute atomic E-state index is 0. The summed E-state index contributed by atoms with van der Waals surface area (Å²) in [5.41, 5.74) is -26.7. The Balaban J connectivity index is -0.0000000730. The van der Waals surface area contributed by atoms with Crippen molar-refractivity contribution in [2.75, 3.05) is 80.4 Å². The fraction of sp³-hybridized carbons (Fsp3) is 0.407. The van der Waals surface area contributed by atoms with Crippen LogP contribution < -0.4 is 190 Å². The van der Waals surface area contributed by atoms with E-state index < -0.39 is 202 Å². The van der Waals surface area contributed by atoms with Crippen LogP contribution in [0, 0.1) is 24.7 Å². The molecule has 120 heavy (non-hydrogen) atoms. The van der Waals surface area contributed by atoms with Crippen molar-refractivity contribution in [1.29, 1.82) is 0 Å². The molecular weight excluding hydrogens is 1760 g/mol. The van der Waals surface area contributed by atoms with Crippen LogP contribution in [-0.2, 0) is 112 Å². The number of rotatable bonds is 34. The van der Waals surface area contributed by atoms with Crippen molar-refractivity contribution in [3.63, 3.8) is 0 Å². The number of hydrogen-bond donors (Lipinski definition) is 0. The smallest absolute Gasteiger partial charge is 0.783 e. The Kier molecular flexibility index (Phi) is 102. The van der Waals surface area contributed by atoms with Crippen molar-refractivity contribution in [3.05, 3.63) is 75.7 Å². The van der Waals surface area contributed by atoms with Crippen LogP contribution in [0.2, 0.25) is 0 Å². The summed E-state index contributed by atoms with van der Waals surface area (Å²) in [5.74, 6) is 3.45. The summed E-state index contributed by atoms with van der Waals surface area (Å²) in [6, 6.07) is 0. The van der Waals surface area contributed by atoms with E-state index in [4.69, 9.17) is 12.8 Å². The maximum atomic E-state index is 11.5. The Bertz CT molecular complexity index is 3710. The molecule has 0 aliphatic rings. The molecule has 0 aromatic heterocycles. The first kappa shape index (κ1) is 153. The number of hydrogen-bond acceptors (Lipinski definition) is 48. The average Bonchev–Trinajstić information content (AvgIpc) is 0.832. The van der Waals surface area contributed by atoms with Crippen LogP contribution in [0.15, 0.2) is 75.7 Å². The molecule has 0 aromatic rings. The molecule has 0 radical (unpaired) electrons. The Hall–Kier alpha value is -4.76. The van der Waals surface area contributed by atoms with Gasteiger partial charge >= 0.3 is 242 Å². The van der Waals surface area contributed by atoms with Gasteiger partial charge in [-0.25, -0.2) is 85.5 Å². The molecule has 0 saturated heterocycles. The number of allylic oxidation sites excluding steroid dienone is 2. The van der Waals surface area contributed by atoms with Gasteiger partial charge < -0.3 is 151 Å². The zero-order valence-electron chi connectivity index (χ0n) is 67.9. The second-order valence-corrected chi connectivity index (χ2v) is 32.4. The molecule has 0 atom stereocenters. The van der Waals surface area contributed by atoms with Gasteiger partial charge in [0.15, 0.2) is 13.2 Å². The van der Waals surface area contributed by atoms with Crippen molar-refractivity contribution in [1.82, 2.24) is 0 Å². The summed E-state index contributed by atoms with van der Waals surface area (Å²) in [6.45, 7) is 24.3. The van der Waals surface area contributed by atoms with Crippen LogP contribution >= 0.6 is 59.0 Å². The van der Waals surface area contributed by atoms with Gasteiger partial charge in [0.1, 0.15) is 39.8 Å². The maximum absolute atomic E-state index is 11.5. The van der Waals surface area contributed by atoms with Crippen LogP contribution in [0.3, 0.4) is 0 Å². The first-order chi connectivity index (χ1) is 51.1. The van der Waals surface area contributed by atoms with Gasteiger partial charge in [0.2, 0.25) is 59.0 Å². The summed E-state index contributed by atoms with van der Waals surface area (Å²) in [6.07, 6.45) is 11.7. The van der Waals surface area contributed by atoms with Gasteiger partial charge in [-0.3, -0.25) is 0 Å². The minimum Gasteiger partial charge on any atom is -0.783 e. The molecular formula is C54H70F2Li8O48P8. The zero-order chi connectivity index (χ0) is 90.2. The van der Waals surface area contributed by atoms with Gasteiger partial charge in [-0.1, -0.05) is 63.5 Å². The molecule has 636 valence electrons. The number of terminal acetylenes is 2. The Morgan fingerprint density at radius 1 is 0.350 bits per heavy atom. The van der Waals surface area contributed by atoms with Crippen molar-refractivity contribution >= 4 is 150 Å². The minimum atomic E-state index is -5.24. The van der Waals surface area contributed by atoms with E-state index in [1.807, 2.05) is 11.8 Å². The van der Waals surface area contributed by atoms with Crippen molar-refractivity contribution in [3.8, 4) is 24.7 Å². The molecule has 0 spiro atoms. The van der Waals surface area contributed by atoms with E-state index in [0.717, 1.165) is 14.2 Å². The standard InChI is InChI=1S/C8H15O6P.2C8H11O6P.C8H7O6P.C6H9F2O6P.C6H11O6P.C6H7O6P.C4H7O6P.8Li/c2*1-5(2)13-7(9)15(11,12)8(10)14-6(3)4;2*1-3-5-13-7(9)15(11,12)8(10)14-6-4-2;7-1-3-13-5(9)15(11,12)6(10)14-4-2-8;2*1-3-11-5(7)13(9,10)6(8)12-4-2;1-9-3(5)11(7,8)4(6)10-2;;;;;;;;/h5-6H,1-4H3,(H,11,12);1,3H2,2,4H3,(H,11,12);3-4H,1-2,5-6H2,(H,11,12);1-2H,5-6H2,(H,11,12);1-4H2,(H,11,12);3-4H2,1-2H3,(H,9,10);3-4H,1-2H2,(H,9,10);1-2H3,(H,7,8);;;;;;;;/q;;;;;;;;8*+1/p-8. The van der Waals surface area contributed by atoms with Crippen LogP contribution in [0.1, 0.15) is 55.4 Å². The zero-order valence-corrected chi connectivity index (χ0v) is 75.0. The molecule has 0 amide bonds. The van der Waals surface area contributed by atoms with Gasteiger partial charge in [-0.05, 0) is 55.4 Å². The SMILES string of the molecule is C#CCOC(=O)P(=O)([O-])C(=O)OCC#C.C=C(C)OC(=O)P(=O)([O-])C(=O)OC(=C)C.C=CCOC(=O)P(=O)([O-])C(=O)OCC=C.C=COC(=O)P(=O)([O-])C(=O)OC=C.CC(C)OC(=O)P(=O)([O-])C(=O)OC(C)C.CCOC(=O)P(=O)([O-])C(=O)OCC.COC(=O)P(=O)([O-])C(=O)OC.O=C(OCCF)P(=O)([O-])C(=O)OCCF.[Li+].[Li+].[Li+].[Li+].[Li+].[Li+].[Li+].[Li+]. The van der Waals surface area contributed by atoms with E-state index in [-0.39, 0.29) is 189 Å². The average molecular weight is 1830 g/mol. The molecule has 0 aliphatic carbocycles. The predicted molar refractivity (Wildman–Crippen MR) is 357 cm³/mol. The normalized spacial score (nSPS) is 9.77. The third kappa shape index (κ3) is 65.8. The van der Waals surface area contributed by atoms with E-state index in [1.54, 1.807) is 0 Å².